The summed E-state index contributed by atoms with van der Waals surface area (Å²) >= 11 is 1.56. The molecule has 0 radical (unpaired) electrons. The van der Waals surface area contributed by atoms with Crippen molar-refractivity contribution in [3.05, 3.63) is 5.82 Å². The summed E-state index contributed by atoms with van der Waals surface area (Å²) in [5, 5.41) is 1.10. The van der Waals surface area contributed by atoms with Crippen molar-refractivity contribution < 1.29 is 0 Å². The van der Waals surface area contributed by atoms with Crippen molar-refractivity contribution in [3.8, 4) is 0 Å². The Morgan fingerprint density at radius 1 is 1.09 bits per heavy atom. The van der Waals surface area contributed by atoms with Crippen molar-refractivity contribution in [2.75, 3.05) is 51.2 Å². The third-order valence-electron chi connectivity index (χ3n) is 5.12. The highest BCUT2D eigenvalue weighted by Crippen LogP contribution is 2.26. The first-order chi connectivity index (χ1) is 10.9. The molecule has 0 aromatic carbocycles. The van der Waals surface area contributed by atoms with E-state index in [2.05, 4.69) is 46.9 Å². The number of anilines is 1. The molecule has 1 unspecified atom stereocenters. The molecule has 0 aliphatic carbocycles. The van der Waals surface area contributed by atoms with Gasteiger partial charge in [0.05, 0.1) is 0 Å². The zero-order valence-corrected chi connectivity index (χ0v) is 15.9. The highest BCUT2D eigenvalue weighted by Gasteiger charge is 2.26. The molecular formula is C17H31N5S. The zero-order valence-electron chi connectivity index (χ0n) is 15.1. The van der Waals surface area contributed by atoms with Crippen LogP contribution in [0.25, 0.3) is 0 Å². The summed E-state index contributed by atoms with van der Waals surface area (Å²) in [4.78, 5) is 12.4. The Kier molecular flexibility index (Phi) is 5.23. The largest absolute Gasteiger partial charge is 0.344 e. The van der Waals surface area contributed by atoms with Gasteiger partial charge in [0.15, 0.2) is 0 Å². The molecule has 1 aromatic heterocycles. The fourth-order valence-corrected chi connectivity index (χ4v) is 4.35. The summed E-state index contributed by atoms with van der Waals surface area (Å²) in [6.07, 6.45) is 4.13. The molecule has 1 atom stereocenters. The summed E-state index contributed by atoms with van der Waals surface area (Å²) in [5.74, 6) is 0.976. The molecule has 0 saturated carbocycles. The lowest BCUT2D eigenvalue weighted by molar-refractivity contribution is 0.125. The monoisotopic (exact) mass is 337 g/mol. The smallest absolute Gasteiger partial charge is 0.205 e. The van der Waals surface area contributed by atoms with Crippen LogP contribution in [0.1, 0.15) is 45.9 Å². The minimum atomic E-state index is 0.0438. The number of piperazine rings is 1. The predicted octanol–water partition coefficient (Wildman–Crippen LogP) is 2.44. The van der Waals surface area contributed by atoms with Gasteiger partial charge < -0.3 is 9.80 Å². The summed E-state index contributed by atoms with van der Waals surface area (Å²) in [6.45, 7) is 13.5. The van der Waals surface area contributed by atoms with Crippen LogP contribution in [0.5, 0.6) is 0 Å². The first-order valence-electron chi connectivity index (χ1n) is 8.95. The second-order valence-electron chi connectivity index (χ2n) is 8.07. The SMILES string of the molecule is CN1CCCCC1CN1CCN(c2nc(C(C)(C)C)ns2)CC1. The van der Waals surface area contributed by atoms with Gasteiger partial charge in [0.25, 0.3) is 0 Å². The van der Waals surface area contributed by atoms with E-state index in [4.69, 9.17) is 4.98 Å². The van der Waals surface area contributed by atoms with E-state index < -0.39 is 0 Å². The quantitative estimate of drug-likeness (QED) is 0.846. The second-order valence-corrected chi connectivity index (χ2v) is 8.80. The Bertz CT molecular complexity index is 501. The number of nitrogens with zero attached hydrogens (tertiary/aromatic N) is 5. The van der Waals surface area contributed by atoms with E-state index in [1.54, 1.807) is 11.5 Å². The fraction of sp³-hybridized carbons (Fsp3) is 0.882. The number of piperidine rings is 1. The molecule has 0 N–H and O–H groups in total. The van der Waals surface area contributed by atoms with Crippen molar-refractivity contribution in [2.24, 2.45) is 0 Å². The molecule has 2 fully saturated rings. The van der Waals surface area contributed by atoms with E-state index in [-0.39, 0.29) is 5.41 Å². The lowest BCUT2D eigenvalue weighted by atomic mass is 9.96. The van der Waals surface area contributed by atoms with Crippen LogP contribution in [0.2, 0.25) is 0 Å². The summed E-state index contributed by atoms with van der Waals surface area (Å²) in [7, 11) is 2.29. The van der Waals surface area contributed by atoms with Gasteiger partial charge in [-0.15, -0.1) is 0 Å². The number of hydrogen-bond donors (Lipinski definition) is 0. The Labute approximate surface area is 144 Å². The maximum atomic E-state index is 4.76. The van der Waals surface area contributed by atoms with Crippen LogP contribution < -0.4 is 4.90 Å². The molecule has 6 heteroatoms. The van der Waals surface area contributed by atoms with Crippen LogP contribution in [-0.4, -0.2) is 71.5 Å². The molecule has 5 nitrogen and oxygen atoms in total. The molecule has 3 heterocycles. The maximum Gasteiger partial charge on any atom is 0.205 e. The minimum Gasteiger partial charge on any atom is -0.344 e. The van der Waals surface area contributed by atoms with Gasteiger partial charge in [0.2, 0.25) is 5.13 Å². The van der Waals surface area contributed by atoms with E-state index in [1.165, 1.54) is 32.4 Å². The second kappa shape index (κ2) is 7.03. The molecule has 0 bridgehead atoms. The standard InChI is InChI=1S/C17H31N5S/c1-17(2,3)15-18-16(23-19-15)22-11-9-21(10-12-22)13-14-7-5-6-8-20(14)4/h14H,5-13H2,1-4H3. The lowest BCUT2D eigenvalue weighted by Gasteiger charge is -2.40. The molecule has 0 spiro atoms. The van der Waals surface area contributed by atoms with Gasteiger partial charge in [0.1, 0.15) is 5.82 Å². The van der Waals surface area contributed by atoms with Gasteiger partial charge in [-0.05, 0) is 26.4 Å². The molecule has 3 rings (SSSR count). The fourth-order valence-electron chi connectivity index (χ4n) is 3.44. The molecule has 2 saturated heterocycles. The van der Waals surface area contributed by atoms with Crippen molar-refractivity contribution in [1.82, 2.24) is 19.2 Å². The van der Waals surface area contributed by atoms with E-state index >= 15 is 0 Å². The molecule has 0 amide bonds. The van der Waals surface area contributed by atoms with Gasteiger partial charge in [-0.25, -0.2) is 4.98 Å². The van der Waals surface area contributed by atoms with Crippen LogP contribution in [0.3, 0.4) is 0 Å². The molecule has 130 valence electrons. The Balaban J connectivity index is 1.51. The van der Waals surface area contributed by atoms with E-state index in [9.17, 15) is 0 Å². The van der Waals surface area contributed by atoms with E-state index in [1.807, 2.05) is 0 Å². The van der Waals surface area contributed by atoms with Crippen molar-refractivity contribution in [2.45, 2.75) is 51.5 Å². The molecule has 2 aliphatic rings. The van der Waals surface area contributed by atoms with Crippen LogP contribution in [0, 0.1) is 0 Å². The van der Waals surface area contributed by atoms with Crippen LogP contribution in [-0.2, 0) is 5.41 Å². The average Bonchev–Trinajstić information content (AvgIpc) is 3.00. The topological polar surface area (TPSA) is 35.5 Å². The highest BCUT2D eigenvalue weighted by molar-refractivity contribution is 7.09. The third kappa shape index (κ3) is 4.22. The first-order valence-corrected chi connectivity index (χ1v) is 9.72. The normalized spacial score (nSPS) is 25.0. The molecule has 1 aromatic rings. The number of rotatable bonds is 3. The third-order valence-corrected chi connectivity index (χ3v) is 5.90. The van der Waals surface area contributed by atoms with Crippen molar-refractivity contribution in [3.63, 3.8) is 0 Å². The Hall–Kier alpha value is -0.720. The average molecular weight is 338 g/mol. The lowest BCUT2D eigenvalue weighted by Crippen LogP contribution is -2.51. The van der Waals surface area contributed by atoms with Crippen molar-refractivity contribution in [1.29, 1.82) is 0 Å². The summed E-state index contributed by atoms with van der Waals surface area (Å²) in [5.41, 5.74) is 0.0438. The summed E-state index contributed by atoms with van der Waals surface area (Å²) < 4.78 is 4.55. The van der Waals surface area contributed by atoms with Gasteiger partial charge in [-0.1, -0.05) is 27.2 Å². The number of likely N-dealkylation sites (tertiary alicyclic amines) is 1. The highest BCUT2D eigenvalue weighted by atomic mass is 32.1. The van der Waals surface area contributed by atoms with Crippen molar-refractivity contribution >= 4 is 16.7 Å². The number of hydrogen-bond acceptors (Lipinski definition) is 6. The Morgan fingerprint density at radius 2 is 1.83 bits per heavy atom. The van der Waals surface area contributed by atoms with Crippen LogP contribution >= 0.6 is 11.5 Å². The first kappa shape index (κ1) is 17.1. The van der Waals surface area contributed by atoms with E-state index in [0.29, 0.717) is 0 Å². The number of aromatic nitrogens is 2. The molecule has 23 heavy (non-hydrogen) atoms. The van der Waals surface area contributed by atoms with Gasteiger partial charge in [0, 0.05) is 55.7 Å². The maximum absolute atomic E-state index is 4.76. The van der Waals surface area contributed by atoms with Crippen LogP contribution in [0.4, 0.5) is 5.13 Å². The van der Waals surface area contributed by atoms with Crippen LogP contribution in [0.15, 0.2) is 0 Å². The minimum absolute atomic E-state index is 0.0438. The molecular weight excluding hydrogens is 306 g/mol. The number of likely N-dealkylation sites (N-methyl/N-ethyl adjacent to an activating group) is 1. The van der Waals surface area contributed by atoms with E-state index in [0.717, 1.165) is 43.2 Å². The van der Waals surface area contributed by atoms with Gasteiger partial charge in [-0.3, -0.25) is 4.90 Å². The Morgan fingerprint density at radius 3 is 2.43 bits per heavy atom. The molecule has 2 aliphatic heterocycles. The zero-order chi connectivity index (χ0) is 16.4. The van der Waals surface area contributed by atoms with Gasteiger partial charge in [-0.2, -0.15) is 4.37 Å². The van der Waals surface area contributed by atoms with Gasteiger partial charge >= 0.3 is 0 Å². The predicted molar refractivity (Wildman–Crippen MR) is 97.5 cm³/mol. The summed E-state index contributed by atoms with van der Waals surface area (Å²) in [6, 6.07) is 0.754.